The van der Waals surface area contributed by atoms with E-state index in [-0.39, 0.29) is 23.7 Å². The summed E-state index contributed by atoms with van der Waals surface area (Å²) in [6.45, 7) is 5.72. The Hall–Kier alpha value is -1.77. The summed E-state index contributed by atoms with van der Waals surface area (Å²) in [7, 11) is 0. The highest BCUT2D eigenvalue weighted by Crippen LogP contribution is 2.29. The van der Waals surface area contributed by atoms with Gasteiger partial charge in [-0.2, -0.15) is 0 Å². The van der Waals surface area contributed by atoms with Crippen LogP contribution in [0, 0.1) is 5.92 Å². The molecule has 2 atom stereocenters. The Morgan fingerprint density at radius 1 is 1.33 bits per heavy atom. The number of ether oxygens (including phenoxy) is 1. The van der Waals surface area contributed by atoms with E-state index in [4.69, 9.17) is 4.74 Å². The van der Waals surface area contributed by atoms with Gasteiger partial charge < -0.3 is 9.84 Å². The smallest absolute Gasteiger partial charge is 0.334 e. The molecule has 1 N–H and O–H groups in total. The fourth-order valence-electron chi connectivity index (χ4n) is 2.20. The Balaban J connectivity index is 1.81. The van der Waals surface area contributed by atoms with Crippen LogP contribution in [0.4, 0.5) is 0 Å². The normalized spacial score (nSPS) is 23.2. The number of esters is 1. The van der Waals surface area contributed by atoms with E-state index >= 15 is 0 Å². The van der Waals surface area contributed by atoms with Crippen LogP contribution in [0.1, 0.15) is 25.3 Å². The fraction of sp³-hybridized carbons (Fsp3) is 0.400. The van der Waals surface area contributed by atoms with E-state index in [2.05, 4.69) is 6.58 Å². The Labute approximate surface area is 107 Å². The number of cyclic esters (lactones) is 1. The van der Waals surface area contributed by atoms with Crippen molar-refractivity contribution in [2.75, 3.05) is 0 Å². The molecule has 0 aromatic heterocycles. The monoisotopic (exact) mass is 246 g/mol. The number of carbonyl (C=O) groups is 1. The number of aromatic hydroxyl groups is 1. The molecule has 0 spiro atoms. The third-order valence-corrected chi connectivity index (χ3v) is 3.52. The van der Waals surface area contributed by atoms with E-state index in [1.54, 1.807) is 12.1 Å². The lowest BCUT2D eigenvalue weighted by Gasteiger charge is -2.13. The minimum Gasteiger partial charge on any atom is -0.508 e. The van der Waals surface area contributed by atoms with Crippen LogP contribution in [0.2, 0.25) is 0 Å². The molecule has 1 aliphatic heterocycles. The molecule has 1 fully saturated rings. The quantitative estimate of drug-likeness (QED) is 0.656. The second-order valence-electron chi connectivity index (χ2n) is 4.82. The van der Waals surface area contributed by atoms with E-state index in [1.807, 2.05) is 19.1 Å². The molecule has 0 saturated carbocycles. The summed E-state index contributed by atoms with van der Waals surface area (Å²) >= 11 is 0. The van der Waals surface area contributed by atoms with Gasteiger partial charge in [-0.1, -0.05) is 25.6 Å². The van der Waals surface area contributed by atoms with Crippen molar-refractivity contribution in [2.45, 2.75) is 32.3 Å². The van der Waals surface area contributed by atoms with Crippen molar-refractivity contribution in [3.05, 3.63) is 42.0 Å². The predicted octanol–water partition coefficient (Wildman–Crippen LogP) is 2.83. The maximum absolute atomic E-state index is 11.3. The number of phenols is 1. The number of aryl methyl sites for hydroxylation is 1. The lowest BCUT2D eigenvalue weighted by molar-refractivity contribution is -0.139. The predicted molar refractivity (Wildman–Crippen MR) is 69.2 cm³/mol. The van der Waals surface area contributed by atoms with Gasteiger partial charge in [-0.3, -0.25) is 0 Å². The van der Waals surface area contributed by atoms with Crippen LogP contribution in [-0.2, 0) is 16.0 Å². The molecule has 0 bridgehead atoms. The van der Waals surface area contributed by atoms with Crippen molar-refractivity contribution >= 4 is 5.97 Å². The zero-order valence-electron chi connectivity index (χ0n) is 10.6. The van der Waals surface area contributed by atoms with Gasteiger partial charge in [0.05, 0.1) is 0 Å². The summed E-state index contributed by atoms with van der Waals surface area (Å²) in [5, 5.41) is 9.18. The Bertz CT molecular complexity index is 447. The first-order valence-corrected chi connectivity index (χ1v) is 6.25. The highest BCUT2D eigenvalue weighted by atomic mass is 16.6. The molecule has 2 unspecified atom stereocenters. The van der Waals surface area contributed by atoms with Gasteiger partial charge in [-0.25, -0.2) is 4.79 Å². The van der Waals surface area contributed by atoms with Crippen molar-refractivity contribution in [1.82, 2.24) is 0 Å². The molecule has 1 aliphatic rings. The minimum absolute atomic E-state index is 0.0258. The minimum atomic E-state index is -0.253. The highest BCUT2D eigenvalue weighted by molar-refractivity contribution is 5.90. The van der Waals surface area contributed by atoms with Gasteiger partial charge in [0.1, 0.15) is 11.9 Å². The van der Waals surface area contributed by atoms with Crippen LogP contribution < -0.4 is 0 Å². The van der Waals surface area contributed by atoms with Gasteiger partial charge in [-0.15, -0.1) is 0 Å². The Morgan fingerprint density at radius 2 is 2.00 bits per heavy atom. The molecule has 0 radical (unpaired) electrons. The SMILES string of the molecule is C=C1C(=O)OC(CCCc2ccc(O)cc2)C1C. The van der Waals surface area contributed by atoms with Crippen molar-refractivity contribution in [3.8, 4) is 5.75 Å². The van der Waals surface area contributed by atoms with Gasteiger partial charge >= 0.3 is 5.97 Å². The van der Waals surface area contributed by atoms with Gasteiger partial charge in [-0.05, 0) is 37.0 Å². The standard InChI is InChI=1S/C15H18O3/c1-10-11(2)15(17)18-14(10)5-3-4-12-6-8-13(16)9-7-12/h6-10,14,16H,2-5H2,1H3. The molecule has 3 heteroatoms. The van der Waals surface area contributed by atoms with Crippen LogP contribution in [0.5, 0.6) is 5.75 Å². The third-order valence-electron chi connectivity index (χ3n) is 3.52. The lowest BCUT2D eigenvalue weighted by atomic mass is 9.95. The van der Waals surface area contributed by atoms with Crippen molar-refractivity contribution in [1.29, 1.82) is 0 Å². The average Bonchev–Trinajstić information content (AvgIpc) is 2.60. The molecule has 1 aromatic carbocycles. The number of benzene rings is 1. The average molecular weight is 246 g/mol. The molecule has 0 aliphatic carbocycles. The molecule has 18 heavy (non-hydrogen) atoms. The summed E-state index contributed by atoms with van der Waals surface area (Å²) in [6.07, 6.45) is 2.71. The lowest BCUT2D eigenvalue weighted by Crippen LogP contribution is -2.13. The fourth-order valence-corrected chi connectivity index (χ4v) is 2.20. The van der Waals surface area contributed by atoms with Crippen molar-refractivity contribution < 1.29 is 14.6 Å². The van der Waals surface area contributed by atoms with E-state index in [0.717, 1.165) is 19.3 Å². The summed E-state index contributed by atoms with van der Waals surface area (Å²) in [5.41, 5.74) is 1.77. The van der Waals surface area contributed by atoms with Gasteiger partial charge in [0.15, 0.2) is 0 Å². The Morgan fingerprint density at radius 3 is 2.56 bits per heavy atom. The number of phenolic OH excluding ortho intramolecular Hbond substituents is 1. The van der Waals surface area contributed by atoms with E-state index in [9.17, 15) is 9.90 Å². The largest absolute Gasteiger partial charge is 0.508 e. The summed E-state index contributed by atoms with van der Waals surface area (Å²) in [6, 6.07) is 7.21. The van der Waals surface area contributed by atoms with Crippen LogP contribution in [0.3, 0.4) is 0 Å². The molecule has 1 aromatic rings. The zero-order valence-corrected chi connectivity index (χ0v) is 10.6. The molecule has 1 heterocycles. The number of carbonyl (C=O) groups excluding carboxylic acids is 1. The van der Waals surface area contributed by atoms with E-state index in [1.165, 1.54) is 5.56 Å². The number of hydrogen-bond acceptors (Lipinski definition) is 3. The van der Waals surface area contributed by atoms with Crippen LogP contribution in [0.25, 0.3) is 0 Å². The number of rotatable bonds is 4. The van der Waals surface area contributed by atoms with Crippen LogP contribution in [0.15, 0.2) is 36.4 Å². The molecule has 0 amide bonds. The summed E-state index contributed by atoms with van der Waals surface area (Å²) in [4.78, 5) is 11.3. The van der Waals surface area contributed by atoms with Crippen molar-refractivity contribution in [3.63, 3.8) is 0 Å². The van der Waals surface area contributed by atoms with Crippen molar-refractivity contribution in [2.24, 2.45) is 5.92 Å². The van der Waals surface area contributed by atoms with Gasteiger partial charge in [0.2, 0.25) is 0 Å². The molecule has 96 valence electrons. The summed E-state index contributed by atoms with van der Waals surface area (Å²) < 4.78 is 5.26. The molecule has 1 saturated heterocycles. The van der Waals surface area contributed by atoms with Crippen LogP contribution in [-0.4, -0.2) is 17.2 Å². The third kappa shape index (κ3) is 2.73. The first kappa shape index (κ1) is 12.7. The first-order chi connectivity index (χ1) is 8.58. The second kappa shape index (κ2) is 5.25. The first-order valence-electron chi connectivity index (χ1n) is 6.25. The molecule has 3 nitrogen and oxygen atoms in total. The number of hydrogen-bond donors (Lipinski definition) is 1. The maximum atomic E-state index is 11.3. The molecular weight excluding hydrogens is 228 g/mol. The second-order valence-corrected chi connectivity index (χ2v) is 4.82. The molecule has 2 rings (SSSR count). The molecular formula is C15H18O3. The maximum Gasteiger partial charge on any atom is 0.334 e. The topological polar surface area (TPSA) is 46.5 Å². The Kier molecular flexibility index (Phi) is 3.70. The van der Waals surface area contributed by atoms with E-state index in [0.29, 0.717) is 5.57 Å². The summed E-state index contributed by atoms with van der Waals surface area (Å²) in [5.74, 6) is 0.155. The van der Waals surface area contributed by atoms with Gasteiger partial charge in [0, 0.05) is 11.5 Å². The van der Waals surface area contributed by atoms with Gasteiger partial charge in [0.25, 0.3) is 0 Å². The van der Waals surface area contributed by atoms with E-state index < -0.39 is 0 Å². The zero-order chi connectivity index (χ0) is 13.1. The highest BCUT2D eigenvalue weighted by Gasteiger charge is 2.34. The van der Waals surface area contributed by atoms with Crippen LogP contribution >= 0.6 is 0 Å².